The van der Waals surface area contributed by atoms with E-state index in [2.05, 4.69) is 41.3 Å². The van der Waals surface area contributed by atoms with Gasteiger partial charge in [0.05, 0.1) is 13.2 Å². The molecule has 2 N–H and O–H groups in total. The first-order valence-corrected chi connectivity index (χ1v) is 9.65. The zero-order valence-corrected chi connectivity index (χ0v) is 16.7. The highest BCUT2D eigenvalue weighted by Crippen LogP contribution is 2.03. The van der Waals surface area contributed by atoms with E-state index >= 15 is 0 Å². The van der Waals surface area contributed by atoms with Crippen LogP contribution in [-0.2, 0) is 9.47 Å². The number of morpholine rings is 1. The van der Waals surface area contributed by atoms with Crippen LogP contribution >= 0.6 is 0 Å². The van der Waals surface area contributed by atoms with Gasteiger partial charge in [-0.15, -0.1) is 0 Å². The van der Waals surface area contributed by atoms with Gasteiger partial charge in [-0.25, -0.2) is 0 Å². The summed E-state index contributed by atoms with van der Waals surface area (Å²) < 4.78 is 10.5. The fourth-order valence-corrected chi connectivity index (χ4v) is 2.83. The lowest BCUT2D eigenvalue weighted by Gasteiger charge is -2.28. The van der Waals surface area contributed by atoms with E-state index in [1.807, 2.05) is 0 Å². The van der Waals surface area contributed by atoms with Crippen LogP contribution in [0.4, 0.5) is 0 Å². The maximum atomic E-state index is 5.41. The normalized spacial score (nSPS) is 17.7. The number of nitrogens with zero attached hydrogens (tertiary/aromatic N) is 3. The summed E-state index contributed by atoms with van der Waals surface area (Å²) in [4.78, 5) is 9.54. The molecule has 1 aliphatic rings. The molecule has 1 aliphatic heterocycles. The molecule has 1 unspecified atom stereocenters. The van der Waals surface area contributed by atoms with Crippen LogP contribution in [0.15, 0.2) is 4.99 Å². The van der Waals surface area contributed by atoms with Crippen molar-refractivity contribution < 1.29 is 9.47 Å². The van der Waals surface area contributed by atoms with Gasteiger partial charge < -0.3 is 25.0 Å². The maximum Gasteiger partial charge on any atom is 0.191 e. The van der Waals surface area contributed by atoms with Gasteiger partial charge in [-0.3, -0.25) is 9.89 Å². The van der Waals surface area contributed by atoms with Gasteiger partial charge in [0, 0.05) is 66.1 Å². The summed E-state index contributed by atoms with van der Waals surface area (Å²) in [6, 6.07) is 0. The Labute approximate surface area is 154 Å². The highest BCUT2D eigenvalue weighted by atomic mass is 16.5. The Morgan fingerprint density at radius 2 is 2.04 bits per heavy atom. The molecule has 0 aromatic carbocycles. The topological polar surface area (TPSA) is 61.4 Å². The highest BCUT2D eigenvalue weighted by molar-refractivity contribution is 5.79. The SMILES string of the molecule is CCNC(=NCC(C)CN1CCOCC1)NCCN(C)CCCOC. The molecule has 0 saturated carbocycles. The van der Waals surface area contributed by atoms with Gasteiger partial charge in [-0.2, -0.15) is 0 Å². The molecular formula is C18H39N5O2. The third kappa shape index (κ3) is 11.4. The molecule has 0 aromatic heterocycles. The number of rotatable bonds is 12. The van der Waals surface area contributed by atoms with E-state index in [1.54, 1.807) is 7.11 Å². The zero-order chi connectivity index (χ0) is 18.3. The summed E-state index contributed by atoms with van der Waals surface area (Å²) in [7, 11) is 3.90. The van der Waals surface area contributed by atoms with Crippen molar-refractivity contribution in [3.05, 3.63) is 0 Å². The molecular weight excluding hydrogens is 318 g/mol. The van der Waals surface area contributed by atoms with Gasteiger partial charge in [-0.05, 0) is 26.3 Å². The minimum Gasteiger partial charge on any atom is -0.385 e. The Kier molecular flexibility index (Phi) is 12.7. The molecule has 0 radical (unpaired) electrons. The summed E-state index contributed by atoms with van der Waals surface area (Å²) in [5.41, 5.74) is 0. The largest absolute Gasteiger partial charge is 0.385 e. The van der Waals surface area contributed by atoms with Crippen molar-refractivity contribution in [2.45, 2.75) is 20.3 Å². The molecule has 1 atom stereocenters. The number of methoxy groups -OCH3 is 1. The number of nitrogens with one attached hydrogen (secondary N) is 2. The predicted octanol–water partition coefficient (Wildman–Crippen LogP) is 0.478. The fourth-order valence-electron chi connectivity index (χ4n) is 2.83. The van der Waals surface area contributed by atoms with Crippen molar-refractivity contribution in [1.29, 1.82) is 0 Å². The molecule has 0 bridgehead atoms. The average molecular weight is 358 g/mol. The maximum absolute atomic E-state index is 5.41. The van der Waals surface area contributed by atoms with Crippen molar-refractivity contribution >= 4 is 5.96 Å². The summed E-state index contributed by atoms with van der Waals surface area (Å²) in [6.45, 7) is 14.8. The van der Waals surface area contributed by atoms with E-state index in [-0.39, 0.29) is 0 Å². The van der Waals surface area contributed by atoms with Crippen molar-refractivity contribution in [3.8, 4) is 0 Å². The highest BCUT2D eigenvalue weighted by Gasteiger charge is 2.13. The van der Waals surface area contributed by atoms with Crippen LogP contribution in [-0.4, -0.2) is 102 Å². The number of hydrogen-bond acceptors (Lipinski definition) is 5. The van der Waals surface area contributed by atoms with E-state index in [1.165, 1.54) is 0 Å². The first-order chi connectivity index (χ1) is 12.2. The second kappa shape index (κ2) is 14.3. The number of guanidine groups is 1. The molecule has 0 aliphatic carbocycles. The summed E-state index contributed by atoms with van der Waals surface area (Å²) in [5, 5.41) is 6.77. The number of likely N-dealkylation sites (N-methyl/N-ethyl adjacent to an activating group) is 1. The Hall–Kier alpha value is -0.890. The van der Waals surface area contributed by atoms with E-state index in [0.717, 1.165) is 84.6 Å². The second-order valence-corrected chi connectivity index (χ2v) is 6.81. The second-order valence-electron chi connectivity index (χ2n) is 6.81. The van der Waals surface area contributed by atoms with Crippen molar-refractivity contribution in [2.24, 2.45) is 10.9 Å². The monoisotopic (exact) mass is 357 g/mol. The Morgan fingerprint density at radius 1 is 1.28 bits per heavy atom. The number of ether oxygens (including phenoxy) is 2. The summed E-state index contributed by atoms with van der Waals surface area (Å²) in [6.07, 6.45) is 1.07. The van der Waals surface area contributed by atoms with Crippen LogP contribution in [0.25, 0.3) is 0 Å². The van der Waals surface area contributed by atoms with Crippen LogP contribution in [0, 0.1) is 5.92 Å². The molecule has 0 aromatic rings. The third-order valence-electron chi connectivity index (χ3n) is 4.25. The molecule has 1 rings (SSSR count). The third-order valence-corrected chi connectivity index (χ3v) is 4.25. The van der Waals surface area contributed by atoms with Gasteiger partial charge in [-0.1, -0.05) is 6.92 Å². The van der Waals surface area contributed by atoms with Gasteiger partial charge in [0.15, 0.2) is 5.96 Å². The van der Waals surface area contributed by atoms with Gasteiger partial charge in [0.1, 0.15) is 0 Å². The fraction of sp³-hybridized carbons (Fsp3) is 0.944. The smallest absolute Gasteiger partial charge is 0.191 e. The quantitative estimate of drug-likeness (QED) is 0.301. The van der Waals surface area contributed by atoms with Crippen LogP contribution < -0.4 is 10.6 Å². The lowest BCUT2D eigenvalue weighted by atomic mass is 10.1. The van der Waals surface area contributed by atoms with E-state index in [4.69, 9.17) is 14.5 Å². The average Bonchev–Trinajstić information content (AvgIpc) is 2.61. The van der Waals surface area contributed by atoms with Crippen LogP contribution in [0.1, 0.15) is 20.3 Å². The van der Waals surface area contributed by atoms with Crippen molar-refractivity contribution in [1.82, 2.24) is 20.4 Å². The van der Waals surface area contributed by atoms with E-state index in [9.17, 15) is 0 Å². The number of aliphatic imine (C=N–C) groups is 1. The van der Waals surface area contributed by atoms with Gasteiger partial charge >= 0.3 is 0 Å². The Balaban J connectivity index is 2.25. The first-order valence-electron chi connectivity index (χ1n) is 9.65. The zero-order valence-electron chi connectivity index (χ0n) is 16.7. The standard InChI is InChI=1S/C18H39N5O2/c1-5-19-18(20-7-9-22(3)8-6-12-24-4)21-15-17(2)16-23-10-13-25-14-11-23/h17H,5-16H2,1-4H3,(H2,19,20,21). The van der Waals surface area contributed by atoms with Crippen LogP contribution in [0.2, 0.25) is 0 Å². The van der Waals surface area contributed by atoms with Crippen LogP contribution in [0.5, 0.6) is 0 Å². The Bertz CT molecular complexity index is 348. The van der Waals surface area contributed by atoms with Gasteiger partial charge in [0.2, 0.25) is 0 Å². The molecule has 7 nitrogen and oxygen atoms in total. The molecule has 1 saturated heterocycles. The molecule has 0 amide bonds. The molecule has 25 heavy (non-hydrogen) atoms. The van der Waals surface area contributed by atoms with E-state index < -0.39 is 0 Å². The molecule has 0 spiro atoms. The first kappa shape index (κ1) is 22.2. The molecule has 7 heteroatoms. The summed E-state index contributed by atoms with van der Waals surface area (Å²) >= 11 is 0. The molecule has 1 fully saturated rings. The van der Waals surface area contributed by atoms with Crippen LogP contribution in [0.3, 0.4) is 0 Å². The van der Waals surface area contributed by atoms with Gasteiger partial charge in [0.25, 0.3) is 0 Å². The number of hydrogen-bond donors (Lipinski definition) is 2. The minimum absolute atomic E-state index is 0.547. The predicted molar refractivity (Wildman–Crippen MR) is 104 cm³/mol. The lowest BCUT2D eigenvalue weighted by molar-refractivity contribution is 0.0323. The molecule has 1 heterocycles. The van der Waals surface area contributed by atoms with Crippen molar-refractivity contribution in [3.63, 3.8) is 0 Å². The van der Waals surface area contributed by atoms with Crippen molar-refractivity contribution in [2.75, 3.05) is 86.3 Å². The summed E-state index contributed by atoms with van der Waals surface area (Å²) in [5.74, 6) is 1.46. The van der Waals surface area contributed by atoms with E-state index in [0.29, 0.717) is 5.92 Å². The lowest BCUT2D eigenvalue weighted by Crippen LogP contribution is -2.42. The minimum atomic E-state index is 0.547. The Morgan fingerprint density at radius 3 is 2.72 bits per heavy atom. The molecule has 148 valence electrons.